The van der Waals surface area contributed by atoms with Gasteiger partial charge in [0.2, 0.25) is 0 Å². The number of aliphatic imine (C=N–C) groups is 1. The van der Waals surface area contributed by atoms with Crippen LogP contribution in [0.25, 0.3) is 0 Å². The van der Waals surface area contributed by atoms with Crippen molar-refractivity contribution in [3.63, 3.8) is 0 Å². The molecular formula is C9H16N2. The second-order valence-corrected chi connectivity index (χ2v) is 2.79. The predicted octanol–water partition coefficient (Wildman–Crippen LogP) is 1.73. The second kappa shape index (κ2) is 4.94. The highest BCUT2D eigenvalue weighted by atomic mass is 15.0. The maximum absolute atomic E-state index is 4.37. The minimum absolute atomic E-state index is 0.988. The van der Waals surface area contributed by atoms with Crippen LogP contribution in [0.1, 0.15) is 25.7 Å². The lowest BCUT2D eigenvalue weighted by atomic mass is 10.2. The minimum Gasteiger partial charge on any atom is -0.374 e. The first-order valence-electron chi connectivity index (χ1n) is 4.31. The van der Waals surface area contributed by atoms with Gasteiger partial charge in [0.15, 0.2) is 0 Å². The quantitative estimate of drug-likeness (QED) is 0.483. The molecule has 0 aliphatic carbocycles. The zero-order valence-corrected chi connectivity index (χ0v) is 6.97. The lowest BCUT2D eigenvalue weighted by Gasteiger charge is -2.12. The van der Waals surface area contributed by atoms with Gasteiger partial charge in [0.25, 0.3) is 0 Å². The van der Waals surface area contributed by atoms with Gasteiger partial charge in [0.05, 0.1) is 5.84 Å². The Labute approximate surface area is 68.4 Å². The van der Waals surface area contributed by atoms with Gasteiger partial charge in [-0.3, -0.25) is 4.99 Å². The van der Waals surface area contributed by atoms with Gasteiger partial charge in [-0.25, -0.2) is 0 Å². The average molecular weight is 152 g/mol. The summed E-state index contributed by atoms with van der Waals surface area (Å²) in [5.74, 6) is 1.19. The highest BCUT2D eigenvalue weighted by molar-refractivity contribution is 5.82. The zero-order chi connectivity index (χ0) is 7.94. The molecule has 1 N–H and O–H groups in total. The molecule has 1 rings (SSSR count). The summed E-state index contributed by atoms with van der Waals surface area (Å²) >= 11 is 0. The minimum atomic E-state index is 0.988. The Morgan fingerprint density at radius 2 is 2.45 bits per heavy atom. The molecule has 1 aliphatic rings. The number of rotatable bonds is 3. The Bertz CT molecular complexity index is 150. The molecule has 0 aromatic rings. The lowest BCUT2D eigenvalue weighted by Crippen LogP contribution is -2.26. The van der Waals surface area contributed by atoms with E-state index in [9.17, 15) is 0 Å². The first kappa shape index (κ1) is 8.31. The fraction of sp³-hybridized carbons (Fsp3) is 0.667. The van der Waals surface area contributed by atoms with E-state index in [2.05, 4.69) is 16.9 Å². The molecule has 1 heterocycles. The number of nitrogens with one attached hydrogen (secondary N) is 1. The molecule has 0 radical (unpaired) electrons. The summed E-state index contributed by atoms with van der Waals surface area (Å²) in [6.07, 6.45) is 6.64. The van der Waals surface area contributed by atoms with E-state index in [1.165, 1.54) is 18.7 Å². The summed E-state index contributed by atoms with van der Waals surface area (Å²) in [5, 5.41) is 3.30. The van der Waals surface area contributed by atoms with Gasteiger partial charge < -0.3 is 5.32 Å². The normalized spacial score (nSPS) is 17.3. The van der Waals surface area contributed by atoms with E-state index in [1.807, 2.05) is 6.08 Å². The van der Waals surface area contributed by atoms with Gasteiger partial charge in [-0.1, -0.05) is 6.08 Å². The molecule has 0 saturated carbocycles. The molecule has 2 heteroatoms. The van der Waals surface area contributed by atoms with Gasteiger partial charge in [0.1, 0.15) is 0 Å². The third kappa shape index (κ3) is 3.21. The van der Waals surface area contributed by atoms with Crippen molar-refractivity contribution in [2.45, 2.75) is 25.7 Å². The van der Waals surface area contributed by atoms with Gasteiger partial charge in [-0.15, -0.1) is 6.58 Å². The smallest absolute Gasteiger partial charge is 0.0963 e. The fourth-order valence-corrected chi connectivity index (χ4v) is 1.16. The van der Waals surface area contributed by atoms with Gasteiger partial charge >= 0.3 is 0 Å². The van der Waals surface area contributed by atoms with Crippen molar-refractivity contribution in [2.24, 2.45) is 4.99 Å². The second-order valence-electron chi connectivity index (χ2n) is 2.79. The van der Waals surface area contributed by atoms with E-state index in [0.717, 1.165) is 25.9 Å². The molecule has 11 heavy (non-hydrogen) atoms. The fourth-order valence-electron chi connectivity index (χ4n) is 1.16. The molecule has 0 atom stereocenters. The van der Waals surface area contributed by atoms with E-state index < -0.39 is 0 Å². The zero-order valence-electron chi connectivity index (χ0n) is 6.97. The predicted molar refractivity (Wildman–Crippen MR) is 49.0 cm³/mol. The van der Waals surface area contributed by atoms with E-state index in [-0.39, 0.29) is 0 Å². The lowest BCUT2D eigenvalue weighted by molar-refractivity contribution is 0.706. The largest absolute Gasteiger partial charge is 0.374 e. The summed E-state index contributed by atoms with van der Waals surface area (Å²) in [6.45, 7) is 5.66. The van der Waals surface area contributed by atoms with Crippen molar-refractivity contribution in [1.29, 1.82) is 0 Å². The van der Waals surface area contributed by atoms with Crippen LogP contribution in [0.4, 0.5) is 0 Å². The van der Waals surface area contributed by atoms with E-state index >= 15 is 0 Å². The Balaban J connectivity index is 2.14. The standard InChI is InChI=1S/C9H16N2/c1-2-3-7-10-9-6-4-5-8-11-9/h2H,1,3-8H2,(H,10,11). The maximum atomic E-state index is 4.37. The molecule has 0 aromatic carbocycles. The number of hydrogen-bond acceptors (Lipinski definition) is 2. The van der Waals surface area contributed by atoms with Crippen LogP contribution in [-0.4, -0.2) is 18.9 Å². The van der Waals surface area contributed by atoms with Crippen molar-refractivity contribution in [3.8, 4) is 0 Å². The van der Waals surface area contributed by atoms with Crippen LogP contribution in [0.15, 0.2) is 17.6 Å². The molecule has 0 fully saturated rings. The molecular weight excluding hydrogens is 136 g/mol. The highest BCUT2D eigenvalue weighted by Crippen LogP contribution is 2.03. The van der Waals surface area contributed by atoms with Gasteiger partial charge in [-0.2, -0.15) is 0 Å². The van der Waals surface area contributed by atoms with Crippen molar-refractivity contribution in [2.75, 3.05) is 13.1 Å². The first-order chi connectivity index (χ1) is 5.43. The van der Waals surface area contributed by atoms with Crippen LogP contribution >= 0.6 is 0 Å². The summed E-state index contributed by atoms with van der Waals surface area (Å²) < 4.78 is 0. The summed E-state index contributed by atoms with van der Waals surface area (Å²) in [5.41, 5.74) is 0. The Kier molecular flexibility index (Phi) is 3.73. The van der Waals surface area contributed by atoms with Gasteiger partial charge in [0, 0.05) is 19.5 Å². The van der Waals surface area contributed by atoms with Gasteiger partial charge in [-0.05, 0) is 19.3 Å². The SMILES string of the molecule is C=CCCNC1=NCCCC1. The Morgan fingerprint density at radius 3 is 3.09 bits per heavy atom. The van der Waals surface area contributed by atoms with Crippen LogP contribution in [0.2, 0.25) is 0 Å². The number of hydrogen-bond donors (Lipinski definition) is 1. The van der Waals surface area contributed by atoms with E-state index in [1.54, 1.807) is 0 Å². The molecule has 1 aliphatic heterocycles. The Morgan fingerprint density at radius 1 is 1.55 bits per heavy atom. The number of amidine groups is 1. The van der Waals surface area contributed by atoms with Crippen LogP contribution in [0.3, 0.4) is 0 Å². The third-order valence-electron chi connectivity index (χ3n) is 1.80. The van der Waals surface area contributed by atoms with Crippen molar-refractivity contribution >= 4 is 5.84 Å². The average Bonchev–Trinajstić information content (AvgIpc) is 2.07. The third-order valence-corrected chi connectivity index (χ3v) is 1.80. The molecule has 0 spiro atoms. The van der Waals surface area contributed by atoms with Crippen LogP contribution in [0.5, 0.6) is 0 Å². The van der Waals surface area contributed by atoms with Crippen LogP contribution in [-0.2, 0) is 0 Å². The maximum Gasteiger partial charge on any atom is 0.0963 e. The summed E-state index contributed by atoms with van der Waals surface area (Å²) in [6, 6.07) is 0. The monoisotopic (exact) mass is 152 g/mol. The van der Waals surface area contributed by atoms with E-state index in [0.29, 0.717) is 0 Å². The highest BCUT2D eigenvalue weighted by Gasteiger charge is 2.02. The van der Waals surface area contributed by atoms with E-state index in [4.69, 9.17) is 0 Å². The molecule has 0 unspecified atom stereocenters. The van der Waals surface area contributed by atoms with Crippen LogP contribution < -0.4 is 5.32 Å². The molecule has 2 nitrogen and oxygen atoms in total. The summed E-state index contributed by atoms with van der Waals surface area (Å²) in [7, 11) is 0. The Hall–Kier alpha value is -0.790. The molecule has 0 amide bonds. The number of nitrogens with zero attached hydrogens (tertiary/aromatic N) is 1. The summed E-state index contributed by atoms with van der Waals surface area (Å²) in [4.78, 5) is 4.37. The molecule has 0 saturated heterocycles. The van der Waals surface area contributed by atoms with Crippen molar-refractivity contribution < 1.29 is 0 Å². The topological polar surface area (TPSA) is 24.4 Å². The molecule has 0 aromatic heterocycles. The molecule has 62 valence electrons. The van der Waals surface area contributed by atoms with Crippen LogP contribution in [0, 0.1) is 0 Å². The van der Waals surface area contributed by atoms with Crippen molar-refractivity contribution in [3.05, 3.63) is 12.7 Å². The van der Waals surface area contributed by atoms with Crippen molar-refractivity contribution in [1.82, 2.24) is 5.32 Å². The molecule has 0 bridgehead atoms. The first-order valence-corrected chi connectivity index (χ1v) is 4.31.